The topological polar surface area (TPSA) is 38.0 Å². The smallest absolute Gasteiger partial charge is 0.0641 e. The van der Waals surface area contributed by atoms with Crippen molar-refractivity contribution in [2.75, 3.05) is 6.61 Å². The second-order valence-electron chi connectivity index (χ2n) is 3.22. The van der Waals surface area contributed by atoms with Crippen molar-refractivity contribution in [1.82, 2.24) is 9.78 Å². The van der Waals surface area contributed by atoms with E-state index in [2.05, 4.69) is 52.0 Å². The van der Waals surface area contributed by atoms with Gasteiger partial charge in [0.1, 0.15) is 0 Å². The fourth-order valence-electron chi connectivity index (χ4n) is 1.38. The molecule has 2 aromatic rings. The van der Waals surface area contributed by atoms with Crippen LogP contribution in [0.5, 0.6) is 0 Å². The van der Waals surface area contributed by atoms with Gasteiger partial charge in [0.15, 0.2) is 0 Å². The number of aliphatic hydroxyl groups is 1. The Morgan fingerprint density at radius 1 is 1.20 bits per heavy atom. The molecule has 0 bridgehead atoms. The predicted molar refractivity (Wildman–Crippen MR) is 67.5 cm³/mol. The van der Waals surface area contributed by atoms with Gasteiger partial charge in [-0.05, 0) is 40.3 Å². The molecule has 0 atom stereocenters. The Labute approximate surface area is 102 Å². The van der Waals surface area contributed by atoms with Crippen molar-refractivity contribution >= 4 is 22.6 Å². The summed E-state index contributed by atoms with van der Waals surface area (Å²) in [5.74, 6) is 0. The van der Waals surface area contributed by atoms with E-state index in [1.54, 1.807) is 4.68 Å². The third-order valence-corrected chi connectivity index (χ3v) is 2.86. The Hall–Kier alpha value is -0.880. The van der Waals surface area contributed by atoms with E-state index in [1.807, 2.05) is 12.4 Å². The number of hydrogen-bond donors (Lipinski definition) is 1. The summed E-state index contributed by atoms with van der Waals surface area (Å²) in [5, 5.41) is 12.9. The molecule has 0 aliphatic carbocycles. The standard InChI is InChI=1S/C11H11IN2O/c12-11-3-1-9(2-4-11)10-7-13-14(8-10)5-6-15/h1-4,7-8,15H,5-6H2. The largest absolute Gasteiger partial charge is 0.394 e. The number of hydrogen-bond acceptors (Lipinski definition) is 2. The van der Waals surface area contributed by atoms with Gasteiger partial charge in [-0.1, -0.05) is 12.1 Å². The van der Waals surface area contributed by atoms with Crippen LogP contribution in [0, 0.1) is 3.57 Å². The summed E-state index contributed by atoms with van der Waals surface area (Å²) in [4.78, 5) is 0. The molecule has 1 aromatic heterocycles. The molecule has 2 rings (SSSR count). The average molecular weight is 314 g/mol. The van der Waals surface area contributed by atoms with Crippen molar-refractivity contribution in [2.24, 2.45) is 0 Å². The van der Waals surface area contributed by atoms with Crippen LogP contribution in [0.3, 0.4) is 0 Å². The van der Waals surface area contributed by atoms with E-state index in [0.717, 1.165) is 11.1 Å². The zero-order chi connectivity index (χ0) is 10.7. The summed E-state index contributed by atoms with van der Waals surface area (Å²) in [5.41, 5.74) is 2.24. The Morgan fingerprint density at radius 2 is 1.93 bits per heavy atom. The van der Waals surface area contributed by atoms with Gasteiger partial charge in [-0.2, -0.15) is 5.10 Å². The quantitative estimate of drug-likeness (QED) is 0.882. The van der Waals surface area contributed by atoms with E-state index in [9.17, 15) is 0 Å². The first-order valence-corrected chi connectivity index (χ1v) is 5.77. The first-order chi connectivity index (χ1) is 7.29. The van der Waals surface area contributed by atoms with Gasteiger partial charge in [-0.25, -0.2) is 0 Å². The highest BCUT2D eigenvalue weighted by molar-refractivity contribution is 14.1. The van der Waals surface area contributed by atoms with Crippen molar-refractivity contribution < 1.29 is 5.11 Å². The molecule has 0 amide bonds. The van der Waals surface area contributed by atoms with E-state index < -0.39 is 0 Å². The SMILES string of the molecule is OCCn1cc(-c2ccc(I)cc2)cn1. The van der Waals surface area contributed by atoms with Crippen LogP contribution in [-0.2, 0) is 6.54 Å². The zero-order valence-corrected chi connectivity index (χ0v) is 10.3. The summed E-state index contributed by atoms with van der Waals surface area (Å²) in [7, 11) is 0. The maximum absolute atomic E-state index is 8.77. The fourth-order valence-corrected chi connectivity index (χ4v) is 1.74. The van der Waals surface area contributed by atoms with E-state index in [-0.39, 0.29) is 6.61 Å². The Balaban J connectivity index is 2.25. The van der Waals surface area contributed by atoms with Gasteiger partial charge in [0, 0.05) is 15.3 Å². The number of aliphatic hydroxyl groups excluding tert-OH is 1. The van der Waals surface area contributed by atoms with Crippen LogP contribution in [0.25, 0.3) is 11.1 Å². The second-order valence-corrected chi connectivity index (χ2v) is 4.47. The maximum Gasteiger partial charge on any atom is 0.0641 e. The number of rotatable bonds is 3. The van der Waals surface area contributed by atoms with Gasteiger partial charge in [-0.3, -0.25) is 4.68 Å². The summed E-state index contributed by atoms with van der Waals surface area (Å²) >= 11 is 2.28. The van der Waals surface area contributed by atoms with Gasteiger partial charge < -0.3 is 5.11 Å². The number of halogens is 1. The first kappa shape index (κ1) is 10.6. The molecule has 0 aliphatic heterocycles. The minimum absolute atomic E-state index is 0.119. The molecule has 1 heterocycles. The van der Waals surface area contributed by atoms with Crippen LogP contribution in [0.2, 0.25) is 0 Å². The normalized spacial score (nSPS) is 10.5. The molecule has 0 spiro atoms. The Kier molecular flexibility index (Phi) is 3.37. The molecule has 3 nitrogen and oxygen atoms in total. The summed E-state index contributed by atoms with van der Waals surface area (Å²) < 4.78 is 2.96. The molecule has 0 aliphatic rings. The van der Waals surface area contributed by atoms with Crippen molar-refractivity contribution in [2.45, 2.75) is 6.54 Å². The first-order valence-electron chi connectivity index (χ1n) is 4.69. The maximum atomic E-state index is 8.77. The molecule has 0 saturated carbocycles. The van der Waals surface area contributed by atoms with Crippen LogP contribution in [0.4, 0.5) is 0 Å². The highest BCUT2D eigenvalue weighted by atomic mass is 127. The molecule has 15 heavy (non-hydrogen) atoms. The van der Waals surface area contributed by atoms with Crippen LogP contribution in [0.15, 0.2) is 36.7 Å². The monoisotopic (exact) mass is 314 g/mol. The van der Waals surface area contributed by atoms with Crippen LogP contribution >= 0.6 is 22.6 Å². The minimum atomic E-state index is 0.119. The fraction of sp³-hybridized carbons (Fsp3) is 0.182. The highest BCUT2D eigenvalue weighted by Gasteiger charge is 2.00. The molecule has 4 heteroatoms. The van der Waals surface area contributed by atoms with Gasteiger partial charge in [0.25, 0.3) is 0 Å². The molecule has 0 radical (unpaired) electrons. The number of nitrogens with zero attached hydrogens (tertiary/aromatic N) is 2. The van der Waals surface area contributed by atoms with E-state index in [1.165, 1.54) is 3.57 Å². The highest BCUT2D eigenvalue weighted by Crippen LogP contribution is 2.19. The zero-order valence-electron chi connectivity index (χ0n) is 8.10. The number of benzene rings is 1. The van der Waals surface area contributed by atoms with Crippen molar-refractivity contribution in [3.8, 4) is 11.1 Å². The van der Waals surface area contributed by atoms with Crippen molar-refractivity contribution in [3.63, 3.8) is 0 Å². The van der Waals surface area contributed by atoms with E-state index >= 15 is 0 Å². The lowest BCUT2D eigenvalue weighted by Crippen LogP contribution is -2.01. The lowest BCUT2D eigenvalue weighted by Gasteiger charge is -1.97. The van der Waals surface area contributed by atoms with E-state index in [0.29, 0.717) is 6.54 Å². The molecule has 1 N–H and O–H groups in total. The Bertz CT molecular complexity index is 436. The second kappa shape index (κ2) is 4.76. The molecule has 0 saturated heterocycles. The summed E-state index contributed by atoms with van der Waals surface area (Å²) in [6.45, 7) is 0.665. The number of aromatic nitrogens is 2. The van der Waals surface area contributed by atoms with Gasteiger partial charge in [0.2, 0.25) is 0 Å². The van der Waals surface area contributed by atoms with Crippen molar-refractivity contribution in [1.29, 1.82) is 0 Å². The molecule has 0 fully saturated rings. The van der Waals surface area contributed by atoms with Crippen molar-refractivity contribution in [3.05, 3.63) is 40.2 Å². The Morgan fingerprint density at radius 3 is 2.60 bits per heavy atom. The third-order valence-electron chi connectivity index (χ3n) is 2.14. The van der Waals surface area contributed by atoms with Crippen LogP contribution in [-0.4, -0.2) is 21.5 Å². The van der Waals surface area contributed by atoms with Crippen LogP contribution < -0.4 is 0 Å². The molecule has 0 unspecified atom stereocenters. The van der Waals surface area contributed by atoms with Crippen LogP contribution in [0.1, 0.15) is 0 Å². The molecule has 1 aromatic carbocycles. The lowest BCUT2D eigenvalue weighted by atomic mass is 10.1. The molecular weight excluding hydrogens is 303 g/mol. The molecule has 78 valence electrons. The van der Waals surface area contributed by atoms with Gasteiger partial charge in [-0.15, -0.1) is 0 Å². The van der Waals surface area contributed by atoms with E-state index in [4.69, 9.17) is 5.11 Å². The van der Waals surface area contributed by atoms with Gasteiger partial charge >= 0.3 is 0 Å². The third kappa shape index (κ3) is 2.57. The van der Waals surface area contributed by atoms with Gasteiger partial charge in [0.05, 0.1) is 19.3 Å². The summed E-state index contributed by atoms with van der Waals surface area (Å²) in [6.07, 6.45) is 3.76. The molecular formula is C11H11IN2O. The summed E-state index contributed by atoms with van der Waals surface area (Å²) in [6, 6.07) is 8.28. The average Bonchev–Trinajstić information content (AvgIpc) is 2.68. The minimum Gasteiger partial charge on any atom is -0.394 e. The lowest BCUT2D eigenvalue weighted by molar-refractivity contribution is 0.269. The predicted octanol–water partition coefficient (Wildman–Crippen LogP) is 2.15.